The van der Waals surface area contributed by atoms with E-state index in [0.717, 1.165) is 25.4 Å². The van der Waals surface area contributed by atoms with Crippen LogP contribution < -0.4 is 10.1 Å². The number of ether oxygens (including phenoxy) is 3. The van der Waals surface area contributed by atoms with Crippen molar-refractivity contribution in [3.8, 4) is 5.75 Å². The highest BCUT2D eigenvalue weighted by molar-refractivity contribution is 5.95. The average molecular weight is 532 g/mol. The minimum Gasteiger partial charge on any atom is -0.491 e. The van der Waals surface area contributed by atoms with Crippen LogP contribution in [0.3, 0.4) is 0 Å². The Labute approximate surface area is 210 Å². The fraction of sp³-hybridized carbons (Fsp3) is 0.542. The number of methoxy groups -OCH3 is 1. The molecule has 1 aromatic carbocycles. The molecule has 37 heavy (non-hydrogen) atoms. The molecule has 0 bridgehead atoms. The highest BCUT2D eigenvalue weighted by atomic mass is 19.4. The first-order valence-corrected chi connectivity index (χ1v) is 11.4. The van der Waals surface area contributed by atoms with Gasteiger partial charge in [-0.2, -0.15) is 13.2 Å². The lowest BCUT2D eigenvalue weighted by Gasteiger charge is -2.32. The molecule has 1 aliphatic heterocycles. The maximum atomic E-state index is 14.4. The smallest absolute Gasteiger partial charge is 0.417 e. The molecule has 3 N–H and O–H groups in total. The first-order chi connectivity index (χ1) is 17.4. The minimum absolute atomic E-state index is 0.00648. The predicted molar refractivity (Wildman–Crippen MR) is 122 cm³/mol. The van der Waals surface area contributed by atoms with Gasteiger partial charge in [0.25, 0.3) is 5.91 Å². The Hall–Kier alpha value is -2.87. The summed E-state index contributed by atoms with van der Waals surface area (Å²) in [6.07, 6.45) is -5.53. The molecule has 2 heterocycles. The van der Waals surface area contributed by atoms with Crippen LogP contribution in [0.5, 0.6) is 5.75 Å². The van der Waals surface area contributed by atoms with E-state index in [4.69, 9.17) is 19.3 Å². The number of carbonyl (C=O) groups excluding carboxylic acids is 1. The Bertz CT molecular complexity index is 1100. The summed E-state index contributed by atoms with van der Waals surface area (Å²) in [5.41, 5.74) is -2.40. The van der Waals surface area contributed by atoms with Crippen molar-refractivity contribution in [2.24, 2.45) is 5.92 Å². The average Bonchev–Trinajstić information content (AvgIpc) is 3.13. The topological polar surface area (TPSA) is 123 Å². The van der Waals surface area contributed by atoms with Crippen LogP contribution in [-0.4, -0.2) is 70.9 Å². The zero-order valence-corrected chi connectivity index (χ0v) is 20.7. The number of halogens is 4. The molecule has 3 rings (SSSR count). The number of rotatable bonds is 9. The van der Waals surface area contributed by atoms with E-state index >= 15 is 0 Å². The molecule has 0 spiro atoms. The van der Waals surface area contributed by atoms with Gasteiger partial charge in [-0.1, -0.05) is 13.0 Å². The first-order valence-electron chi connectivity index (χ1n) is 11.4. The van der Waals surface area contributed by atoms with Crippen molar-refractivity contribution in [3.63, 3.8) is 0 Å². The van der Waals surface area contributed by atoms with Crippen LogP contribution >= 0.6 is 0 Å². The highest BCUT2D eigenvalue weighted by Gasteiger charge is 2.65. The molecular formula is C24H29F4N3O6. The normalized spacial score (nSPS) is 24.6. The Balaban J connectivity index is 2.02. The quantitative estimate of drug-likeness (QED) is 0.333. The lowest BCUT2D eigenvalue weighted by Crippen LogP contribution is -2.47. The van der Waals surface area contributed by atoms with Crippen LogP contribution in [0.15, 0.2) is 24.5 Å². The zero-order chi connectivity index (χ0) is 27.5. The monoisotopic (exact) mass is 531 g/mol. The summed E-state index contributed by atoms with van der Waals surface area (Å²) >= 11 is 0. The molecule has 1 saturated heterocycles. The molecule has 2 aromatic rings. The van der Waals surface area contributed by atoms with Gasteiger partial charge < -0.3 is 29.7 Å². The summed E-state index contributed by atoms with van der Waals surface area (Å²) in [6.45, 7) is 3.15. The second-order valence-electron chi connectivity index (χ2n) is 8.91. The van der Waals surface area contributed by atoms with Crippen molar-refractivity contribution in [2.45, 2.75) is 50.7 Å². The van der Waals surface area contributed by atoms with Gasteiger partial charge in [-0.15, -0.1) is 0 Å². The molecule has 5 atom stereocenters. The molecule has 0 saturated carbocycles. The fourth-order valence-corrected chi connectivity index (χ4v) is 4.26. The van der Waals surface area contributed by atoms with Crippen molar-refractivity contribution in [1.29, 1.82) is 0 Å². The fourth-order valence-electron chi connectivity index (χ4n) is 4.26. The van der Waals surface area contributed by atoms with E-state index in [9.17, 15) is 27.5 Å². The second-order valence-corrected chi connectivity index (χ2v) is 8.91. The van der Waals surface area contributed by atoms with Crippen molar-refractivity contribution in [1.82, 2.24) is 9.97 Å². The Kier molecular flexibility index (Phi) is 8.73. The van der Waals surface area contributed by atoms with Crippen LogP contribution in [0.25, 0.3) is 0 Å². The third-order valence-electron chi connectivity index (χ3n) is 6.60. The Morgan fingerprint density at radius 2 is 1.92 bits per heavy atom. The van der Waals surface area contributed by atoms with Gasteiger partial charge in [0.2, 0.25) is 0 Å². The lowest BCUT2D eigenvalue weighted by molar-refractivity contribution is -0.272. The van der Waals surface area contributed by atoms with Gasteiger partial charge in [0, 0.05) is 30.1 Å². The molecule has 1 aliphatic rings. The number of nitrogens with zero attached hydrogens (tertiary/aromatic N) is 2. The van der Waals surface area contributed by atoms with E-state index in [1.807, 2.05) is 0 Å². The molecule has 13 heteroatoms. The Morgan fingerprint density at radius 3 is 2.49 bits per heavy atom. The van der Waals surface area contributed by atoms with Crippen LogP contribution in [0, 0.1) is 18.7 Å². The molecule has 1 amide bonds. The van der Waals surface area contributed by atoms with Gasteiger partial charge in [-0.25, -0.2) is 14.4 Å². The summed E-state index contributed by atoms with van der Waals surface area (Å²) in [5.74, 6) is -4.05. The number of benzene rings is 1. The minimum atomic E-state index is -4.82. The molecule has 0 unspecified atom stereocenters. The van der Waals surface area contributed by atoms with E-state index in [-0.39, 0.29) is 41.6 Å². The highest BCUT2D eigenvalue weighted by Crippen LogP contribution is 2.55. The van der Waals surface area contributed by atoms with Crippen molar-refractivity contribution < 1.29 is 46.8 Å². The van der Waals surface area contributed by atoms with Crippen molar-refractivity contribution in [3.05, 3.63) is 47.3 Å². The molecular weight excluding hydrogens is 502 g/mol. The van der Waals surface area contributed by atoms with Crippen molar-refractivity contribution in [2.75, 3.05) is 32.2 Å². The number of aliphatic hydroxyl groups excluding tert-OH is 2. The molecule has 9 nitrogen and oxygen atoms in total. The first kappa shape index (κ1) is 28.7. The summed E-state index contributed by atoms with van der Waals surface area (Å²) < 4.78 is 73.0. The SMILES string of the molecule is COCCOc1c([C@H]2[C@@H](C(=O)Nc3cnc([C@@H](O)CO)nc3)O[C@@](C)(C(F)(F)F)[C@H]2C)ccc(F)c1C. The van der Waals surface area contributed by atoms with Crippen LogP contribution in [0.1, 0.15) is 42.8 Å². The lowest BCUT2D eigenvalue weighted by atomic mass is 9.76. The van der Waals surface area contributed by atoms with E-state index in [1.165, 1.54) is 27.0 Å². The van der Waals surface area contributed by atoms with E-state index in [1.54, 1.807) is 0 Å². The summed E-state index contributed by atoms with van der Waals surface area (Å²) in [7, 11) is 1.44. The number of hydrogen-bond donors (Lipinski definition) is 3. The number of hydrogen-bond acceptors (Lipinski definition) is 8. The van der Waals surface area contributed by atoms with E-state index in [2.05, 4.69) is 15.3 Å². The molecule has 0 aliphatic carbocycles. The molecule has 0 radical (unpaired) electrons. The van der Waals surface area contributed by atoms with Gasteiger partial charge in [-0.3, -0.25) is 4.79 Å². The summed E-state index contributed by atoms with van der Waals surface area (Å²) in [4.78, 5) is 20.9. The third-order valence-corrected chi connectivity index (χ3v) is 6.60. The van der Waals surface area contributed by atoms with Gasteiger partial charge in [-0.05, 0) is 19.9 Å². The number of anilines is 1. The van der Waals surface area contributed by atoms with Crippen LogP contribution in [0.4, 0.5) is 23.2 Å². The van der Waals surface area contributed by atoms with E-state index < -0.39 is 54.2 Å². The number of nitrogens with one attached hydrogen (secondary N) is 1. The molecule has 204 valence electrons. The van der Waals surface area contributed by atoms with Gasteiger partial charge in [0.05, 0.1) is 31.3 Å². The van der Waals surface area contributed by atoms with Crippen molar-refractivity contribution >= 4 is 11.6 Å². The summed E-state index contributed by atoms with van der Waals surface area (Å²) in [5, 5.41) is 21.1. The van der Waals surface area contributed by atoms with Gasteiger partial charge in [0.15, 0.2) is 11.4 Å². The number of aliphatic hydroxyl groups is 2. The van der Waals surface area contributed by atoms with Crippen LogP contribution in [-0.2, 0) is 14.3 Å². The van der Waals surface area contributed by atoms with E-state index in [0.29, 0.717) is 0 Å². The van der Waals surface area contributed by atoms with Gasteiger partial charge >= 0.3 is 6.18 Å². The second kappa shape index (κ2) is 11.3. The maximum Gasteiger partial charge on any atom is 0.417 e. The molecule has 1 fully saturated rings. The largest absolute Gasteiger partial charge is 0.491 e. The maximum absolute atomic E-state index is 14.4. The van der Waals surface area contributed by atoms with Crippen LogP contribution in [0.2, 0.25) is 0 Å². The van der Waals surface area contributed by atoms with Gasteiger partial charge in [0.1, 0.15) is 30.4 Å². The Morgan fingerprint density at radius 1 is 1.27 bits per heavy atom. The zero-order valence-electron chi connectivity index (χ0n) is 20.7. The standard InChI is InChI=1S/C24H29F4N3O6/c1-12-16(25)6-5-15(19(12)36-8-7-35-4)18-13(2)23(3,24(26,27)28)37-20(18)22(34)31-14-9-29-21(30-10-14)17(33)11-32/h5-6,9-10,13,17-18,20,32-33H,7-8,11H2,1-4H3,(H,31,34)/t13-,17-,18-,20-,23+/m0/s1. The summed E-state index contributed by atoms with van der Waals surface area (Å²) in [6, 6.07) is 2.41. The molecule has 1 aromatic heterocycles. The predicted octanol–water partition coefficient (Wildman–Crippen LogP) is 3.05. The number of carbonyl (C=O) groups is 1. The third kappa shape index (κ3) is 5.69. The number of aromatic nitrogens is 2. The number of alkyl halides is 3. The number of amides is 1.